The highest BCUT2D eigenvalue weighted by atomic mass is 16.4. The van der Waals surface area contributed by atoms with Gasteiger partial charge in [0.2, 0.25) is 23.6 Å². The van der Waals surface area contributed by atoms with E-state index < -0.39 is 59.7 Å². The van der Waals surface area contributed by atoms with Gasteiger partial charge in [-0.15, -0.1) is 0 Å². The van der Waals surface area contributed by atoms with Gasteiger partial charge < -0.3 is 44.0 Å². The Morgan fingerprint density at radius 2 is 1.42 bits per heavy atom. The number of guanidine groups is 1. The number of carbonyl (C=O) groups excluding carboxylic acids is 4. The van der Waals surface area contributed by atoms with Crippen molar-refractivity contribution in [2.75, 3.05) is 6.54 Å². The fraction of sp³-hybridized carbons (Fsp3) is 0.727. The van der Waals surface area contributed by atoms with E-state index >= 15 is 0 Å². The van der Waals surface area contributed by atoms with Crippen LogP contribution in [0.1, 0.15) is 59.8 Å². The predicted molar refractivity (Wildman–Crippen MR) is 134 cm³/mol. The van der Waals surface area contributed by atoms with Crippen LogP contribution in [0.3, 0.4) is 0 Å². The summed E-state index contributed by atoms with van der Waals surface area (Å²) in [7, 11) is 0. The number of nitrogens with two attached hydrogens (primary N) is 4. The topological polar surface area (TPSA) is 258 Å². The summed E-state index contributed by atoms with van der Waals surface area (Å²) < 4.78 is 0. The summed E-state index contributed by atoms with van der Waals surface area (Å²) in [6.45, 7) is 7.26. The highest BCUT2D eigenvalue weighted by Gasteiger charge is 2.32. The van der Waals surface area contributed by atoms with Gasteiger partial charge in [-0.25, -0.2) is 4.79 Å². The molecule has 0 spiro atoms. The van der Waals surface area contributed by atoms with Gasteiger partial charge in [-0.2, -0.15) is 0 Å². The first-order valence-electron chi connectivity index (χ1n) is 11.9. The van der Waals surface area contributed by atoms with Gasteiger partial charge in [0.05, 0.1) is 6.04 Å². The van der Waals surface area contributed by atoms with E-state index in [0.29, 0.717) is 6.42 Å². The Kier molecular flexibility index (Phi) is 14.7. The van der Waals surface area contributed by atoms with Gasteiger partial charge in [-0.1, -0.05) is 27.7 Å². The van der Waals surface area contributed by atoms with Crippen LogP contribution >= 0.6 is 0 Å². The summed E-state index contributed by atoms with van der Waals surface area (Å²) in [5.74, 6) is -4.41. The number of hydrogen-bond acceptors (Lipinski definition) is 7. The monoisotopic (exact) mass is 514 g/mol. The van der Waals surface area contributed by atoms with Gasteiger partial charge in [0.1, 0.15) is 18.1 Å². The lowest BCUT2D eigenvalue weighted by atomic mass is 9.99. The number of aliphatic carboxylic acids is 1. The van der Waals surface area contributed by atoms with Crippen LogP contribution in [0, 0.1) is 11.8 Å². The molecule has 0 fully saturated rings. The third kappa shape index (κ3) is 13.5. The van der Waals surface area contributed by atoms with Crippen LogP contribution < -0.4 is 38.9 Å². The second-order valence-electron chi connectivity index (χ2n) is 9.38. The number of primary amides is 1. The van der Waals surface area contributed by atoms with Gasteiger partial charge in [-0.05, 0) is 37.5 Å². The molecule has 0 aromatic carbocycles. The molecule has 0 heterocycles. The van der Waals surface area contributed by atoms with Gasteiger partial charge in [-0.3, -0.25) is 24.2 Å². The molecule has 0 saturated carbocycles. The number of rotatable bonds is 17. The summed E-state index contributed by atoms with van der Waals surface area (Å²) in [6, 6.07) is -4.39. The smallest absolute Gasteiger partial charge is 0.326 e. The van der Waals surface area contributed by atoms with Crippen molar-refractivity contribution in [1.29, 1.82) is 0 Å². The maximum Gasteiger partial charge on any atom is 0.326 e. The fourth-order valence-electron chi connectivity index (χ4n) is 3.23. The molecule has 12 N–H and O–H groups in total. The lowest BCUT2D eigenvalue weighted by Crippen LogP contribution is -2.58. The maximum absolute atomic E-state index is 13.0. The van der Waals surface area contributed by atoms with Crippen molar-refractivity contribution in [1.82, 2.24) is 16.0 Å². The predicted octanol–water partition coefficient (Wildman–Crippen LogP) is -2.13. The highest BCUT2D eigenvalue weighted by molar-refractivity contribution is 5.94. The summed E-state index contributed by atoms with van der Waals surface area (Å²) >= 11 is 0. The van der Waals surface area contributed by atoms with Crippen LogP contribution in [0.2, 0.25) is 0 Å². The van der Waals surface area contributed by atoms with Crippen LogP contribution in [-0.2, 0) is 24.0 Å². The summed E-state index contributed by atoms with van der Waals surface area (Å²) in [5.41, 5.74) is 21.6. The average molecular weight is 515 g/mol. The van der Waals surface area contributed by atoms with Crippen molar-refractivity contribution in [3.63, 3.8) is 0 Å². The fourth-order valence-corrected chi connectivity index (χ4v) is 3.23. The molecule has 14 nitrogen and oxygen atoms in total. The zero-order valence-corrected chi connectivity index (χ0v) is 21.5. The molecule has 0 radical (unpaired) electrons. The normalized spacial score (nSPS) is 14.3. The lowest BCUT2D eigenvalue weighted by Gasteiger charge is -2.27. The molecular weight excluding hydrogens is 472 g/mol. The first kappa shape index (κ1) is 32.6. The molecule has 0 aliphatic carbocycles. The Bertz CT molecular complexity index is 797. The van der Waals surface area contributed by atoms with Gasteiger partial charge in [0.15, 0.2) is 5.96 Å². The number of carboxylic acids is 1. The molecule has 36 heavy (non-hydrogen) atoms. The molecule has 0 aromatic rings. The van der Waals surface area contributed by atoms with Crippen molar-refractivity contribution in [2.45, 2.75) is 84.0 Å². The molecule has 206 valence electrons. The standard InChI is InChI=1S/C22H42N8O6/c1-11(2)10-15(21(35)36)29-20(34)17(12(3)4)30-19(33)14(7-8-16(24)31)28-18(32)13(23)6-5-9-27-22(25)26/h11-15,17H,5-10,23H2,1-4H3,(H2,24,31)(H,28,32)(H,29,34)(H,30,33)(H,35,36)(H4,25,26,27). The number of hydrogen-bond donors (Lipinski definition) is 8. The first-order chi connectivity index (χ1) is 16.6. The van der Waals surface area contributed by atoms with Crippen molar-refractivity contribution >= 4 is 35.6 Å². The Balaban J connectivity index is 5.40. The Morgan fingerprint density at radius 3 is 1.89 bits per heavy atom. The molecule has 0 saturated heterocycles. The Hall–Kier alpha value is -3.42. The number of carboxylic acid groups (broad SMARTS) is 1. The van der Waals surface area contributed by atoms with E-state index in [1.165, 1.54) is 0 Å². The van der Waals surface area contributed by atoms with Gasteiger partial charge >= 0.3 is 5.97 Å². The van der Waals surface area contributed by atoms with Crippen LogP contribution in [0.4, 0.5) is 0 Å². The van der Waals surface area contributed by atoms with E-state index in [4.69, 9.17) is 22.9 Å². The number of nitrogens with one attached hydrogen (secondary N) is 3. The Labute approximate surface area is 211 Å². The van der Waals surface area contributed by atoms with E-state index in [1.54, 1.807) is 13.8 Å². The number of aliphatic imine (C=N–C) groups is 1. The van der Waals surface area contributed by atoms with Gasteiger partial charge in [0.25, 0.3) is 0 Å². The lowest BCUT2D eigenvalue weighted by molar-refractivity contribution is -0.143. The molecule has 14 heteroatoms. The Morgan fingerprint density at radius 1 is 0.833 bits per heavy atom. The van der Waals surface area contributed by atoms with Crippen molar-refractivity contribution in [3.8, 4) is 0 Å². The van der Waals surface area contributed by atoms with E-state index in [2.05, 4.69) is 20.9 Å². The average Bonchev–Trinajstić information content (AvgIpc) is 2.75. The van der Waals surface area contributed by atoms with E-state index in [9.17, 15) is 29.1 Å². The molecular formula is C22H42N8O6. The van der Waals surface area contributed by atoms with E-state index in [-0.39, 0.29) is 44.1 Å². The SMILES string of the molecule is CC(C)CC(NC(=O)C(NC(=O)C(CCC(N)=O)NC(=O)C(N)CCCN=C(N)N)C(C)C)C(=O)O. The second kappa shape index (κ2) is 16.3. The van der Waals surface area contributed by atoms with Gasteiger partial charge in [0, 0.05) is 13.0 Å². The third-order valence-electron chi connectivity index (χ3n) is 5.19. The maximum atomic E-state index is 13.0. The molecule has 4 unspecified atom stereocenters. The van der Waals surface area contributed by atoms with Crippen molar-refractivity contribution in [2.24, 2.45) is 39.8 Å². The highest BCUT2D eigenvalue weighted by Crippen LogP contribution is 2.09. The first-order valence-corrected chi connectivity index (χ1v) is 11.9. The minimum Gasteiger partial charge on any atom is -0.480 e. The minimum atomic E-state index is -1.20. The number of carbonyl (C=O) groups is 5. The molecule has 0 aliphatic heterocycles. The molecule has 0 aromatic heterocycles. The van der Waals surface area contributed by atoms with Crippen molar-refractivity contribution < 1.29 is 29.1 Å². The molecule has 0 rings (SSSR count). The second-order valence-corrected chi connectivity index (χ2v) is 9.38. The van der Waals surface area contributed by atoms with E-state index in [1.807, 2.05) is 13.8 Å². The molecule has 4 amide bonds. The van der Waals surface area contributed by atoms with Crippen LogP contribution in [-0.4, -0.2) is 71.4 Å². The minimum absolute atomic E-state index is 0.00978. The van der Waals surface area contributed by atoms with Crippen LogP contribution in [0.25, 0.3) is 0 Å². The molecule has 0 aliphatic rings. The largest absolute Gasteiger partial charge is 0.480 e. The number of amides is 4. The summed E-state index contributed by atoms with van der Waals surface area (Å²) in [5, 5.41) is 16.9. The van der Waals surface area contributed by atoms with Crippen molar-refractivity contribution in [3.05, 3.63) is 0 Å². The quantitative estimate of drug-likeness (QED) is 0.0598. The van der Waals surface area contributed by atoms with Crippen LogP contribution in [0.15, 0.2) is 4.99 Å². The molecule has 4 atom stereocenters. The molecule has 0 bridgehead atoms. The van der Waals surface area contributed by atoms with Crippen LogP contribution in [0.5, 0.6) is 0 Å². The van der Waals surface area contributed by atoms with E-state index in [0.717, 1.165) is 0 Å². The zero-order chi connectivity index (χ0) is 28.0. The third-order valence-corrected chi connectivity index (χ3v) is 5.19. The zero-order valence-electron chi connectivity index (χ0n) is 21.5. The summed E-state index contributed by atoms with van der Waals surface area (Å²) in [4.78, 5) is 65.0. The number of nitrogens with zero attached hydrogens (tertiary/aromatic N) is 1. The summed E-state index contributed by atoms with van der Waals surface area (Å²) in [6.07, 6.45) is 0.535.